The van der Waals surface area contributed by atoms with Crippen molar-refractivity contribution >= 4 is 66.8 Å². The summed E-state index contributed by atoms with van der Waals surface area (Å²) in [5.41, 5.74) is 6.17. The van der Waals surface area contributed by atoms with E-state index < -0.39 is 26.0 Å². The molecule has 0 atom stereocenters. The number of anilines is 2. The second-order valence-electron chi connectivity index (χ2n) is 7.86. The summed E-state index contributed by atoms with van der Waals surface area (Å²) in [5, 5.41) is -0.773. The van der Waals surface area contributed by atoms with Crippen LogP contribution in [-0.4, -0.2) is 76.9 Å². The minimum atomic E-state index is -4.04. The number of halogens is 3. The summed E-state index contributed by atoms with van der Waals surface area (Å²) >= 11 is 18.8. The first-order valence-electron chi connectivity index (χ1n) is 10.3. The molecule has 0 aliphatic carbocycles. The highest BCUT2D eigenvalue weighted by Gasteiger charge is 2.28. The lowest BCUT2D eigenvalue weighted by atomic mass is 10.1. The van der Waals surface area contributed by atoms with Gasteiger partial charge in [-0.25, -0.2) is 0 Å². The maximum Gasteiger partial charge on any atom is 0.307 e. The SMILES string of the molecule is CCCN1CCN(c2nc(N)c(-c3cc(Cl)c(OS(C)(=O)=O)c(Cl)c3Cl)c(OS(C)(=O)=O)n2)CC1. The van der Waals surface area contributed by atoms with E-state index in [1.54, 1.807) is 0 Å². The van der Waals surface area contributed by atoms with E-state index >= 15 is 0 Å². The largest absolute Gasteiger partial charge is 0.383 e. The van der Waals surface area contributed by atoms with Crippen LogP contribution < -0.4 is 19.0 Å². The number of aromatic nitrogens is 2. The van der Waals surface area contributed by atoms with Crippen LogP contribution in [0.4, 0.5) is 11.8 Å². The summed E-state index contributed by atoms with van der Waals surface area (Å²) in [5.74, 6) is -0.727. The summed E-state index contributed by atoms with van der Waals surface area (Å²) in [4.78, 5) is 12.8. The molecule has 16 heteroatoms. The van der Waals surface area contributed by atoms with E-state index in [0.717, 1.165) is 38.6 Å². The van der Waals surface area contributed by atoms with Gasteiger partial charge in [-0.1, -0.05) is 41.7 Å². The predicted octanol–water partition coefficient (Wildman–Crippen LogP) is 2.89. The van der Waals surface area contributed by atoms with E-state index in [0.29, 0.717) is 13.1 Å². The lowest BCUT2D eigenvalue weighted by Crippen LogP contribution is -2.47. The summed E-state index contributed by atoms with van der Waals surface area (Å²) in [6, 6.07) is 1.21. The summed E-state index contributed by atoms with van der Waals surface area (Å²) in [6.45, 7) is 5.84. The monoisotopic (exact) mass is 587 g/mol. The van der Waals surface area contributed by atoms with Gasteiger partial charge in [0, 0.05) is 31.7 Å². The van der Waals surface area contributed by atoms with Gasteiger partial charge < -0.3 is 19.0 Å². The second-order valence-corrected chi connectivity index (χ2v) is 12.2. The number of hydrogen-bond donors (Lipinski definition) is 1. The molecule has 0 spiro atoms. The number of rotatable bonds is 8. The number of benzene rings is 1. The van der Waals surface area contributed by atoms with E-state index in [1.165, 1.54) is 6.07 Å². The van der Waals surface area contributed by atoms with Crippen LogP contribution in [0.3, 0.4) is 0 Å². The third kappa shape index (κ3) is 6.92. The van der Waals surface area contributed by atoms with Gasteiger partial charge in [0.05, 0.1) is 28.1 Å². The molecule has 1 aliphatic heterocycles. The Labute approximate surface area is 219 Å². The van der Waals surface area contributed by atoms with Gasteiger partial charge in [0.15, 0.2) is 5.75 Å². The van der Waals surface area contributed by atoms with Crippen LogP contribution in [0, 0.1) is 0 Å². The number of nitrogens with zero attached hydrogens (tertiary/aromatic N) is 4. The van der Waals surface area contributed by atoms with Crippen LogP contribution in [0.15, 0.2) is 6.07 Å². The van der Waals surface area contributed by atoms with Crippen molar-refractivity contribution in [3.63, 3.8) is 0 Å². The Morgan fingerprint density at radius 1 is 0.971 bits per heavy atom. The molecule has 3 rings (SSSR count). The van der Waals surface area contributed by atoms with Gasteiger partial charge in [0.1, 0.15) is 10.8 Å². The molecule has 1 aromatic heterocycles. The average Bonchev–Trinajstić information content (AvgIpc) is 2.73. The molecule has 1 aromatic carbocycles. The van der Waals surface area contributed by atoms with Crippen LogP contribution in [0.1, 0.15) is 13.3 Å². The normalized spacial score (nSPS) is 15.3. The van der Waals surface area contributed by atoms with E-state index in [-0.39, 0.29) is 43.8 Å². The molecule has 35 heavy (non-hydrogen) atoms. The Morgan fingerprint density at radius 3 is 2.11 bits per heavy atom. The Kier molecular flexibility index (Phi) is 8.49. The molecular formula is C19H24Cl3N5O6S2. The number of piperazine rings is 1. The topological polar surface area (TPSA) is 145 Å². The van der Waals surface area contributed by atoms with Gasteiger partial charge in [-0.2, -0.15) is 26.8 Å². The zero-order valence-electron chi connectivity index (χ0n) is 19.1. The molecule has 0 unspecified atom stereocenters. The molecule has 1 aliphatic rings. The van der Waals surface area contributed by atoms with Crippen molar-refractivity contribution in [2.24, 2.45) is 0 Å². The van der Waals surface area contributed by atoms with Gasteiger partial charge in [-0.3, -0.25) is 4.90 Å². The summed E-state index contributed by atoms with van der Waals surface area (Å²) in [6.07, 6.45) is 2.69. The van der Waals surface area contributed by atoms with Gasteiger partial charge in [0.2, 0.25) is 11.8 Å². The summed E-state index contributed by atoms with van der Waals surface area (Å²) in [7, 11) is -8.01. The van der Waals surface area contributed by atoms with E-state index in [1.807, 2.05) is 4.90 Å². The van der Waals surface area contributed by atoms with E-state index in [4.69, 9.17) is 48.9 Å². The van der Waals surface area contributed by atoms with E-state index in [2.05, 4.69) is 21.8 Å². The molecule has 2 heterocycles. The maximum atomic E-state index is 12.0. The molecular weight excluding hydrogens is 565 g/mol. The Balaban J connectivity index is 2.12. The van der Waals surface area contributed by atoms with Crippen molar-refractivity contribution in [1.82, 2.24) is 14.9 Å². The lowest BCUT2D eigenvalue weighted by Gasteiger charge is -2.34. The minimum absolute atomic E-state index is 0.0259. The lowest BCUT2D eigenvalue weighted by molar-refractivity contribution is 0.257. The molecule has 0 bridgehead atoms. The second kappa shape index (κ2) is 10.7. The standard InChI is InChI=1S/C19H24Cl3N5O6S2/c1-4-5-26-6-8-27(9-7-26)19-24-17(23)13(18(25-19)33-35(3,30)31)11-10-12(20)16(15(22)14(11)21)32-34(2,28)29/h10H,4-9H2,1-3H3,(H2,23,24,25). The van der Waals surface area contributed by atoms with Crippen molar-refractivity contribution in [2.45, 2.75) is 13.3 Å². The molecule has 194 valence electrons. The van der Waals surface area contributed by atoms with Gasteiger partial charge in [0.25, 0.3) is 0 Å². The molecule has 0 radical (unpaired) electrons. The van der Waals surface area contributed by atoms with Crippen LogP contribution in [0.5, 0.6) is 11.6 Å². The Hall–Kier alpha value is -1.77. The molecule has 1 saturated heterocycles. The molecule has 2 N–H and O–H groups in total. The zero-order chi connectivity index (χ0) is 26.1. The zero-order valence-corrected chi connectivity index (χ0v) is 23.0. The van der Waals surface area contributed by atoms with Crippen LogP contribution >= 0.6 is 34.8 Å². The fourth-order valence-electron chi connectivity index (χ4n) is 3.52. The number of hydrogen-bond acceptors (Lipinski definition) is 11. The van der Waals surface area contributed by atoms with Gasteiger partial charge in [-0.05, 0) is 19.0 Å². The molecule has 2 aromatic rings. The third-order valence-electron chi connectivity index (χ3n) is 4.94. The first-order chi connectivity index (χ1) is 16.2. The van der Waals surface area contributed by atoms with Gasteiger partial charge in [-0.15, -0.1) is 0 Å². The van der Waals surface area contributed by atoms with Crippen molar-refractivity contribution < 1.29 is 25.2 Å². The van der Waals surface area contributed by atoms with Crippen molar-refractivity contribution in [1.29, 1.82) is 0 Å². The quantitative estimate of drug-likeness (QED) is 0.359. The third-order valence-corrected chi connectivity index (χ3v) is 7.00. The predicted molar refractivity (Wildman–Crippen MR) is 137 cm³/mol. The molecule has 11 nitrogen and oxygen atoms in total. The minimum Gasteiger partial charge on any atom is -0.383 e. The van der Waals surface area contributed by atoms with Crippen LogP contribution in [0.25, 0.3) is 11.1 Å². The highest BCUT2D eigenvalue weighted by Crippen LogP contribution is 2.48. The van der Waals surface area contributed by atoms with Crippen LogP contribution in [0.2, 0.25) is 15.1 Å². The van der Waals surface area contributed by atoms with Crippen molar-refractivity contribution in [3.05, 3.63) is 21.1 Å². The molecule has 0 saturated carbocycles. The Morgan fingerprint density at radius 2 is 1.57 bits per heavy atom. The first-order valence-corrected chi connectivity index (χ1v) is 15.1. The molecule has 0 amide bonds. The maximum absolute atomic E-state index is 12.0. The van der Waals surface area contributed by atoms with Crippen LogP contribution in [-0.2, 0) is 20.2 Å². The first kappa shape index (κ1) is 27.8. The fourth-order valence-corrected chi connectivity index (χ4v) is 5.26. The van der Waals surface area contributed by atoms with Crippen molar-refractivity contribution in [2.75, 3.05) is 55.9 Å². The average molecular weight is 589 g/mol. The number of nitrogens with two attached hydrogens (primary N) is 1. The Bertz CT molecular complexity index is 1330. The summed E-state index contributed by atoms with van der Waals surface area (Å²) < 4.78 is 57.1. The number of nitrogen functional groups attached to an aromatic ring is 1. The fraction of sp³-hybridized carbons (Fsp3) is 0.474. The van der Waals surface area contributed by atoms with E-state index in [9.17, 15) is 16.8 Å². The molecule has 1 fully saturated rings. The highest BCUT2D eigenvalue weighted by molar-refractivity contribution is 7.86. The highest BCUT2D eigenvalue weighted by atomic mass is 35.5. The van der Waals surface area contributed by atoms with Gasteiger partial charge >= 0.3 is 20.2 Å². The smallest absolute Gasteiger partial charge is 0.307 e. The van der Waals surface area contributed by atoms with Crippen molar-refractivity contribution in [3.8, 4) is 22.8 Å².